The molecule has 1 aromatic carbocycles. The van der Waals surface area contributed by atoms with Crippen molar-refractivity contribution in [2.45, 2.75) is 33.7 Å². The zero-order valence-electron chi connectivity index (χ0n) is 9.74. The van der Waals surface area contributed by atoms with E-state index >= 15 is 0 Å². The number of H-pyrrole nitrogens is 1. The maximum absolute atomic E-state index is 11.5. The van der Waals surface area contributed by atoms with E-state index in [4.69, 9.17) is 0 Å². The predicted molar refractivity (Wildman–Crippen MR) is 64.3 cm³/mol. The Morgan fingerprint density at radius 3 is 2.40 bits per heavy atom. The Balaban J connectivity index is 0.000000531. The molecule has 1 heterocycles. The lowest BCUT2D eigenvalue weighted by atomic mass is 10.3. The van der Waals surface area contributed by atoms with Crippen LogP contribution in [0.5, 0.6) is 0 Å². The second-order valence-corrected chi connectivity index (χ2v) is 3.41. The highest BCUT2D eigenvalue weighted by atomic mass is 16.1. The standard InChI is InChI=1S/C10H12N2O.C2H6/c1-7(2)12-9-6-4-3-5-8(9)11-10(12)13;1-2/h3-7H,1-2H3,(H,11,13);1-2H3. The molecule has 0 atom stereocenters. The first-order chi connectivity index (χ1) is 7.20. The summed E-state index contributed by atoms with van der Waals surface area (Å²) in [4.78, 5) is 14.3. The van der Waals surface area contributed by atoms with Crippen LogP contribution in [-0.4, -0.2) is 9.55 Å². The molecule has 3 nitrogen and oxygen atoms in total. The van der Waals surface area contributed by atoms with Crippen LogP contribution in [0.1, 0.15) is 33.7 Å². The largest absolute Gasteiger partial charge is 0.326 e. The number of fused-ring (bicyclic) bond motifs is 1. The zero-order valence-corrected chi connectivity index (χ0v) is 9.74. The maximum Gasteiger partial charge on any atom is 0.326 e. The second-order valence-electron chi connectivity index (χ2n) is 3.41. The number of nitrogens with one attached hydrogen (secondary N) is 1. The van der Waals surface area contributed by atoms with Gasteiger partial charge in [-0.3, -0.25) is 4.57 Å². The van der Waals surface area contributed by atoms with E-state index in [9.17, 15) is 4.79 Å². The lowest BCUT2D eigenvalue weighted by Crippen LogP contribution is -2.18. The van der Waals surface area contributed by atoms with Crippen LogP contribution in [0, 0.1) is 0 Å². The van der Waals surface area contributed by atoms with Crippen LogP contribution >= 0.6 is 0 Å². The molecule has 2 rings (SSSR count). The van der Waals surface area contributed by atoms with Crippen molar-refractivity contribution in [1.82, 2.24) is 9.55 Å². The molecule has 0 aliphatic carbocycles. The first-order valence-corrected chi connectivity index (χ1v) is 5.39. The van der Waals surface area contributed by atoms with Crippen LogP contribution in [0.3, 0.4) is 0 Å². The molecule has 0 bridgehead atoms. The van der Waals surface area contributed by atoms with Crippen LogP contribution in [0.2, 0.25) is 0 Å². The van der Waals surface area contributed by atoms with E-state index in [1.54, 1.807) is 4.57 Å². The average Bonchev–Trinajstić information content (AvgIpc) is 2.56. The number of aromatic nitrogens is 2. The SMILES string of the molecule is CC.CC(C)n1c(=O)[nH]c2ccccc21. The fraction of sp³-hybridized carbons (Fsp3) is 0.417. The Kier molecular flexibility index (Phi) is 3.72. The van der Waals surface area contributed by atoms with Gasteiger partial charge in [0.1, 0.15) is 0 Å². The molecule has 2 aromatic rings. The summed E-state index contributed by atoms with van der Waals surface area (Å²) in [6.45, 7) is 8.00. The van der Waals surface area contributed by atoms with Crippen LogP contribution in [0.25, 0.3) is 11.0 Å². The molecule has 0 unspecified atom stereocenters. The van der Waals surface area contributed by atoms with Crippen molar-refractivity contribution < 1.29 is 0 Å². The highest BCUT2D eigenvalue weighted by Gasteiger charge is 2.07. The Morgan fingerprint density at radius 2 is 1.80 bits per heavy atom. The second kappa shape index (κ2) is 4.82. The third kappa shape index (κ3) is 2.12. The summed E-state index contributed by atoms with van der Waals surface area (Å²) in [5.74, 6) is 0. The van der Waals surface area contributed by atoms with Crippen molar-refractivity contribution in [2.75, 3.05) is 0 Å². The van der Waals surface area contributed by atoms with Gasteiger partial charge in [-0.1, -0.05) is 26.0 Å². The Morgan fingerprint density at radius 1 is 1.20 bits per heavy atom. The first kappa shape index (κ1) is 11.6. The minimum absolute atomic E-state index is 0.0313. The Hall–Kier alpha value is -1.51. The monoisotopic (exact) mass is 206 g/mol. The molecule has 0 spiro atoms. The van der Waals surface area contributed by atoms with E-state index in [-0.39, 0.29) is 11.7 Å². The van der Waals surface area contributed by atoms with Gasteiger partial charge in [0.25, 0.3) is 0 Å². The minimum Gasteiger partial charge on any atom is -0.306 e. The number of nitrogens with zero attached hydrogens (tertiary/aromatic N) is 1. The van der Waals surface area contributed by atoms with E-state index in [1.165, 1.54) is 0 Å². The molecular formula is C12H18N2O. The van der Waals surface area contributed by atoms with Gasteiger partial charge in [0.2, 0.25) is 0 Å². The lowest BCUT2D eigenvalue weighted by molar-refractivity contribution is 0.598. The smallest absolute Gasteiger partial charge is 0.306 e. The summed E-state index contributed by atoms with van der Waals surface area (Å²) >= 11 is 0. The molecule has 0 amide bonds. The summed E-state index contributed by atoms with van der Waals surface area (Å²) in [6, 6.07) is 7.92. The normalized spacial score (nSPS) is 10.2. The van der Waals surface area contributed by atoms with Gasteiger partial charge in [0.05, 0.1) is 11.0 Å². The molecule has 15 heavy (non-hydrogen) atoms. The van der Waals surface area contributed by atoms with E-state index in [0.717, 1.165) is 11.0 Å². The van der Waals surface area contributed by atoms with Crippen molar-refractivity contribution in [3.63, 3.8) is 0 Å². The van der Waals surface area contributed by atoms with E-state index in [2.05, 4.69) is 4.98 Å². The quantitative estimate of drug-likeness (QED) is 0.765. The number of rotatable bonds is 1. The zero-order chi connectivity index (χ0) is 11.4. The molecule has 0 saturated heterocycles. The van der Waals surface area contributed by atoms with E-state index in [0.29, 0.717) is 0 Å². The molecule has 1 aromatic heterocycles. The number of benzene rings is 1. The third-order valence-electron chi connectivity index (χ3n) is 2.14. The molecular weight excluding hydrogens is 188 g/mol. The van der Waals surface area contributed by atoms with Crippen LogP contribution in [-0.2, 0) is 0 Å². The van der Waals surface area contributed by atoms with Gasteiger partial charge < -0.3 is 4.98 Å². The molecule has 82 valence electrons. The van der Waals surface area contributed by atoms with Gasteiger partial charge >= 0.3 is 5.69 Å². The number of hydrogen-bond donors (Lipinski definition) is 1. The summed E-state index contributed by atoms with van der Waals surface area (Å²) in [7, 11) is 0. The summed E-state index contributed by atoms with van der Waals surface area (Å²) in [6.07, 6.45) is 0. The number of para-hydroxylation sites is 2. The first-order valence-electron chi connectivity index (χ1n) is 5.39. The van der Waals surface area contributed by atoms with Crippen LogP contribution < -0.4 is 5.69 Å². The highest BCUT2D eigenvalue weighted by molar-refractivity contribution is 5.75. The maximum atomic E-state index is 11.5. The van der Waals surface area contributed by atoms with Gasteiger partial charge in [-0.05, 0) is 26.0 Å². The van der Waals surface area contributed by atoms with Gasteiger partial charge in [-0.15, -0.1) is 0 Å². The molecule has 1 N–H and O–H groups in total. The number of imidazole rings is 1. The van der Waals surface area contributed by atoms with E-state index in [1.807, 2.05) is 52.0 Å². The molecule has 0 radical (unpaired) electrons. The topological polar surface area (TPSA) is 37.8 Å². The molecule has 3 heteroatoms. The van der Waals surface area contributed by atoms with Gasteiger partial charge in [0.15, 0.2) is 0 Å². The van der Waals surface area contributed by atoms with Gasteiger partial charge in [0, 0.05) is 6.04 Å². The number of aromatic amines is 1. The lowest BCUT2D eigenvalue weighted by Gasteiger charge is -2.05. The molecule has 0 fully saturated rings. The van der Waals surface area contributed by atoms with Crippen LogP contribution in [0.4, 0.5) is 0 Å². The molecule has 0 aliphatic rings. The van der Waals surface area contributed by atoms with E-state index < -0.39 is 0 Å². The number of hydrogen-bond acceptors (Lipinski definition) is 1. The van der Waals surface area contributed by atoms with Gasteiger partial charge in [-0.2, -0.15) is 0 Å². The molecule has 0 saturated carbocycles. The fourth-order valence-corrected chi connectivity index (χ4v) is 1.59. The predicted octanol–water partition coefficient (Wildman–Crippen LogP) is 2.94. The van der Waals surface area contributed by atoms with Crippen molar-refractivity contribution in [3.05, 3.63) is 34.7 Å². The third-order valence-corrected chi connectivity index (χ3v) is 2.14. The van der Waals surface area contributed by atoms with Crippen molar-refractivity contribution in [1.29, 1.82) is 0 Å². The van der Waals surface area contributed by atoms with Crippen molar-refractivity contribution in [3.8, 4) is 0 Å². The Bertz CT molecular complexity index is 480. The average molecular weight is 206 g/mol. The molecule has 0 aliphatic heterocycles. The fourth-order valence-electron chi connectivity index (χ4n) is 1.59. The minimum atomic E-state index is -0.0313. The summed E-state index contributed by atoms with van der Waals surface area (Å²) in [5, 5.41) is 0. The van der Waals surface area contributed by atoms with Gasteiger partial charge in [-0.25, -0.2) is 4.79 Å². The summed E-state index contributed by atoms with van der Waals surface area (Å²) in [5.41, 5.74) is 1.85. The van der Waals surface area contributed by atoms with Crippen molar-refractivity contribution in [2.24, 2.45) is 0 Å². The van der Waals surface area contributed by atoms with Crippen molar-refractivity contribution >= 4 is 11.0 Å². The Labute approximate surface area is 89.7 Å². The highest BCUT2D eigenvalue weighted by Crippen LogP contribution is 2.13. The summed E-state index contributed by atoms with van der Waals surface area (Å²) < 4.78 is 1.76. The van der Waals surface area contributed by atoms with Crippen LogP contribution in [0.15, 0.2) is 29.1 Å².